The molecule has 0 amide bonds. The molecule has 8 atom stereocenters. The van der Waals surface area contributed by atoms with Crippen molar-refractivity contribution in [1.82, 2.24) is 0 Å². The first kappa shape index (κ1) is 19.1. The molecule has 26 heavy (non-hydrogen) atoms. The van der Waals surface area contributed by atoms with E-state index in [1.165, 1.54) is 25.7 Å². The Bertz CT molecular complexity index is 584. The third kappa shape index (κ3) is 2.86. The van der Waals surface area contributed by atoms with Gasteiger partial charge in [0.05, 0.1) is 6.10 Å². The number of aliphatic hydroxyl groups is 1. The van der Waals surface area contributed by atoms with E-state index in [-0.39, 0.29) is 16.9 Å². The summed E-state index contributed by atoms with van der Waals surface area (Å²) in [6, 6.07) is 0. The van der Waals surface area contributed by atoms with Crippen LogP contribution >= 0.6 is 0 Å². The lowest BCUT2D eigenvalue weighted by Gasteiger charge is -2.61. The summed E-state index contributed by atoms with van der Waals surface area (Å²) in [5.41, 5.74) is -0.0173. The maximum absolute atomic E-state index is 12.6. The molecule has 0 aliphatic heterocycles. The Hall–Kier alpha value is -0.193. The zero-order valence-corrected chi connectivity index (χ0v) is 18.4. The molecular weight excluding hydrogens is 340 g/mol. The van der Waals surface area contributed by atoms with Gasteiger partial charge in [0.1, 0.15) is 5.78 Å². The number of carbonyl (C=O) groups is 1. The smallest absolute Gasteiger partial charge is 0.184 e. The van der Waals surface area contributed by atoms with Crippen LogP contribution in [-0.2, 0) is 9.22 Å². The highest BCUT2D eigenvalue weighted by Gasteiger charge is 2.63. The molecule has 4 fully saturated rings. The Kier molecular flexibility index (Phi) is 4.53. The fourth-order valence-electron chi connectivity index (χ4n) is 7.72. The minimum absolute atomic E-state index is 0.231. The van der Waals surface area contributed by atoms with Crippen molar-refractivity contribution in [3.8, 4) is 0 Å². The summed E-state index contributed by atoms with van der Waals surface area (Å²) in [7, 11) is -1.50. The predicted octanol–water partition coefficient (Wildman–Crippen LogP) is 4.79. The predicted molar refractivity (Wildman–Crippen MR) is 106 cm³/mol. The van der Waals surface area contributed by atoms with E-state index in [1.54, 1.807) is 0 Å². The zero-order valence-electron chi connectivity index (χ0n) is 17.4. The largest absolute Gasteiger partial charge is 0.415 e. The molecule has 148 valence electrons. The number of hydrogen-bond donors (Lipinski definition) is 1. The van der Waals surface area contributed by atoms with Crippen LogP contribution in [0.5, 0.6) is 0 Å². The van der Waals surface area contributed by atoms with Crippen molar-refractivity contribution in [3.63, 3.8) is 0 Å². The third-order valence-corrected chi connectivity index (χ3v) is 9.82. The Morgan fingerprint density at radius 2 is 1.85 bits per heavy atom. The van der Waals surface area contributed by atoms with Crippen molar-refractivity contribution < 1.29 is 14.3 Å². The summed E-state index contributed by atoms with van der Waals surface area (Å²) in [6.45, 7) is 11.5. The molecule has 0 heterocycles. The zero-order chi connectivity index (χ0) is 18.9. The molecule has 0 aromatic rings. The molecule has 4 saturated carbocycles. The van der Waals surface area contributed by atoms with E-state index in [9.17, 15) is 9.90 Å². The van der Waals surface area contributed by atoms with E-state index >= 15 is 0 Å². The van der Waals surface area contributed by atoms with Gasteiger partial charge in [-0.05, 0) is 93.7 Å². The van der Waals surface area contributed by atoms with Crippen molar-refractivity contribution in [3.05, 3.63) is 0 Å². The lowest BCUT2D eigenvalue weighted by Crippen LogP contribution is -2.59. The van der Waals surface area contributed by atoms with Gasteiger partial charge in [-0.1, -0.05) is 13.8 Å². The molecule has 0 aromatic heterocycles. The van der Waals surface area contributed by atoms with Crippen LogP contribution in [0.25, 0.3) is 0 Å². The molecule has 3 nitrogen and oxygen atoms in total. The molecule has 4 aliphatic carbocycles. The van der Waals surface area contributed by atoms with Crippen LogP contribution in [-0.4, -0.2) is 31.4 Å². The fourth-order valence-corrected chi connectivity index (χ4v) is 8.94. The summed E-state index contributed by atoms with van der Waals surface area (Å²) >= 11 is 0. The molecule has 4 rings (SSSR count). The molecule has 1 N–H and O–H groups in total. The average Bonchev–Trinajstić information content (AvgIpc) is 2.81. The SMILES string of the molecule is CC12CC(O)C3C(CCC4CC(O[Si](C)(C)C)CCC43C)C1CCC2=O. The normalized spacial score (nSPS) is 51.5. The number of ketones is 1. The van der Waals surface area contributed by atoms with E-state index < -0.39 is 8.32 Å². The summed E-state index contributed by atoms with van der Waals surface area (Å²) in [4.78, 5) is 12.6. The minimum Gasteiger partial charge on any atom is -0.415 e. The van der Waals surface area contributed by atoms with Gasteiger partial charge in [0, 0.05) is 17.9 Å². The van der Waals surface area contributed by atoms with Gasteiger partial charge in [-0.25, -0.2) is 0 Å². The standard InChI is InChI=1S/C22H38O3Si/c1-21-11-10-15(25-26(3,4)5)12-14(21)6-7-16-17-8-9-19(24)22(17,2)13-18(23)20(16)21/h14-18,20,23H,6-13H2,1-5H3. The van der Waals surface area contributed by atoms with Gasteiger partial charge in [-0.2, -0.15) is 0 Å². The highest BCUT2D eigenvalue weighted by Crippen LogP contribution is 2.65. The van der Waals surface area contributed by atoms with Crippen molar-refractivity contribution in [2.75, 3.05) is 0 Å². The van der Waals surface area contributed by atoms with E-state index in [0.29, 0.717) is 42.0 Å². The molecule has 0 saturated heterocycles. The molecule has 0 aromatic carbocycles. The summed E-state index contributed by atoms with van der Waals surface area (Å²) in [6.07, 6.45) is 8.60. The van der Waals surface area contributed by atoms with E-state index in [4.69, 9.17) is 4.43 Å². The molecule has 0 spiro atoms. The van der Waals surface area contributed by atoms with Gasteiger partial charge in [0.25, 0.3) is 0 Å². The topological polar surface area (TPSA) is 46.5 Å². The Balaban J connectivity index is 1.57. The average molecular weight is 379 g/mol. The minimum atomic E-state index is -1.50. The first-order chi connectivity index (χ1) is 12.0. The van der Waals surface area contributed by atoms with Crippen molar-refractivity contribution in [2.45, 2.75) is 97.1 Å². The number of carbonyl (C=O) groups excluding carboxylic acids is 1. The fraction of sp³-hybridized carbons (Fsp3) is 0.955. The van der Waals surface area contributed by atoms with Crippen molar-refractivity contribution in [1.29, 1.82) is 0 Å². The van der Waals surface area contributed by atoms with E-state index in [1.807, 2.05) is 0 Å². The molecule has 4 aliphatic rings. The van der Waals surface area contributed by atoms with Gasteiger partial charge in [0.2, 0.25) is 0 Å². The summed E-state index contributed by atoms with van der Waals surface area (Å²) in [5, 5.41) is 11.2. The quantitative estimate of drug-likeness (QED) is 0.703. The molecule has 8 unspecified atom stereocenters. The second-order valence-corrected chi connectivity index (χ2v) is 15.8. The molecular formula is C22H38O3Si. The van der Waals surface area contributed by atoms with E-state index in [2.05, 4.69) is 33.5 Å². The lowest BCUT2D eigenvalue weighted by molar-refractivity contribution is -0.174. The van der Waals surface area contributed by atoms with Gasteiger partial charge in [-0.15, -0.1) is 0 Å². The summed E-state index contributed by atoms with van der Waals surface area (Å²) < 4.78 is 6.47. The summed E-state index contributed by atoms with van der Waals surface area (Å²) in [5.74, 6) is 2.54. The van der Waals surface area contributed by atoms with Crippen LogP contribution in [0.2, 0.25) is 19.6 Å². The number of rotatable bonds is 2. The first-order valence-corrected chi connectivity index (χ1v) is 14.3. The Morgan fingerprint density at radius 1 is 1.12 bits per heavy atom. The van der Waals surface area contributed by atoms with Gasteiger partial charge in [0.15, 0.2) is 8.32 Å². The Morgan fingerprint density at radius 3 is 2.54 bits per heavy atom. The number of aliphatic hydroxyl groups excluding tert-OH is 1. The number of fused-ring (bicyclic) bond motifs is 5. The monoisotopic (exact) mass is 378 g/mol. The molecule has 0 bridgehead atoms. The molecule has 0 radical (unpaired) electrons. The molecule has 4 heteroatoms. The maximum atomic E-state index is 12.6. The van der Waals surface area contributed by atoms with Crippen LogP contribution in [0.15, 0.2) is 0 Å². The maximum Gasteiger partial charge on any atom is 0.184 e. The van der Waals surface area contributed by atoms with Gasteiger partial charge < -0.3 is 9.53 Å². The van der Waals surface area contributed by atoms with Crippen LogP contribution < -0.4 is 0 Å². The number of Topliss-reactive ketones (excluding diaryl/α,β-unsaturated/α-hetero) is 1. The third-order valence-electron chi connectivity index (χ3n) is 8.78. The lowest BCUT2D eigenvalue weighted by atomic mass is 9.44. The van der Waals surface area contributed by atoms with Crippen LogP contribution in [0.3, 0.4) is 0 Å². The van der Waals surface area contributed by atoms with E-state index in [0.717, 1.165) is 19.3 Å². The first-order valence-electron chi connectivity index (χ1n) is 10.9. The van der Waals surface area contributed by atoms with Crippen LogP contribution in [0.1, 0.15) is 65.2 Å². The van der Waals surface area contributed by atoms with Crippen molar-refractivity contribution >= 4 is 14.1 Å². The van der Waals surface area contributed by atoms with Gasteiger partial charge >= 0.3 is 0 Å². The van der Waals surface area contributed by atoms with Gasteiger partial charge in [-0.3, -0.25) is 4.79 Å². The number of hydrogen-bond acceptors (Lipinski definition) is 3. The van der Waals surface area contributed by atoms with Crippen LogP contribution in [0.4, 0.5) is 0 Å². The second kappa shape index (κ2) is 6.15. The second-order valence-electron chi connectivity index (χ2n) is 11.4. The van der Waals surface area contributed by atoms with Crippen LogP contribution in [0, 0.1) is 34.5 Å². The highest BCUT2D eigenvalue weighted by molar-refractivity contribution is 6.69. The highest BCUT2D eigenvalue weighted by atomic mass is 28.4. The Labute approximate surface area is 160 Å². The van der Waals surface area contributed by atoms with Crippen molar-refractivity contribution in [2.24, 2.45) is 34.5 Å².